The van der Waals surface area contributed by atoms with Crippen LogP contribution in [0.5, 0.6) is 0 Å². The average Bonchev–Trinajstić information content (AvgIpc) is 3.69. The second-order valence-electron chi connectivity index (χ2n) is 12.0. The first kappa shape index (κ1) is 25.9. The van der Waals surface area contributed by atoms with Crippen molar-refractivity contribution in [3.05, 3.63) is 152 Å². The van der Waals surface area contributed by atoms with Crippen LogP contribution in [0.25, 0.3) is 100 Å². The molecule has 218 valence electrons. The van der Waals surface area contributed by atoms with Gasteiger partial charge < -0.3 is 4.42 Å². The second-order valence-corrected chi connectivity index (χ2v) is 12.0. The van der Waals surface area contributed by atoms with Gasteiger partial charge in [-0.05, 0) is 74.5 Å². The van der Waals surface area contributed by atoms with Crippen molar-refractivity contribution in [2.24, 2.45) is 0 Å². The third kappa shape index (κ3) is 4.05. The van der Waals surface area contributed by atoms with Crippen LogP contribution in [0.15, 0.2) is 156 Å². The number of hydrogen-bond donors (Lipinski definition) is 0. The van der Waals surface area contributed by atoms with E-state index in [1.165, 1.54) is 33.0 Å². The number of para-hydroxylation sites is 1. The monoisotopic (exact) mass is 599 g/mol. The van der Waals surface area contributed by atoms with Crippen LogP contribution in [0.1, 0.15) is 0 Å². The lowest BCUT2D eigenvalue weighted by Gasteiger charge is -2.11. The van der Waals surface area contributed by atoms with Gasteiger partial charge in [0.2, 0.25) is 0 Å². The zero-order valence-electron chi connectivity index (χ0n) is 25.2. The minimum Gasteiger partial charge on any atom is -0.456 e. The van der Waals surface area contributed by atoms with Gasteiger partial charge in [-0.1, -0.05) is 121 Å². The van der Waals surface area contributed by atoms with Gasteiger partial charge in [0, 0.05) is 27.5 Å². The Balaban J connectivity index is 1.17. The predicted octanol–water partition coefficient (Wildman–Crippen LogP) is 11.2. The molecule has 0 amide bonds. The van der Waals surface area contributed by atoms with E-state index in [1.54, 1.807) is 0 Å². The molecule has 7 aromatic carbocycles. The van der Waals surface area contributed by atoms with E-state index in [-0.39, 0.29) is 0 Å². The summed E-state index contributed by atoms with van der Waals surface area (Å²) >= 11 is 0. The van der Waals surface area contributed by atoms with Crippen LogP contribution >= 0.6 is 0 Å². The molecule has 0 fully saturated rings. The van der Waals surface area contributed by atoms with Crippen molar-refractivity contribution >= 4 is 32.7 Å². The van der Waals surface area contributed by atoms with Gasteiger partial charge in [-0.25, -0.2) is 15.0 Å². The molecular weight excluding hydrogens is 574 g/mol. The molecule has 2 aromatic heterocycles. The first-order chi connectivity index (χ1) is 23.3. The Labute approximate surface area is 270 Å². The van der Waals surface area contributed by atoms with Gasteiger partial charge in [-0.15, -0.1) is 0 Å². The minimum atomic E-state index is 0.630. The first-order valence-corrected chi connectivity index (χ1v) is 15.8. The maximum atomic E-state index is 6.20. The molecule has 0 spiro atoms. The molecule has 1 aliphatic carbocycles. The molecule has 0 bridgehead atoms. The van der Waals surface area contributed by atoms with Gasteiger partial charge in [-0.3, -0.25) is 0 Å². The Hall–Kier alpha value is -6.39. The van der Waals surface area contributed by atoms with Crippen LogP contribution in [0.2, 0.25) is 0 Å². The molecule has 4 heteroatoms. The van der Waals surface area contributed by atoms with E-state index in [0.717, 1.165) is 49.8 Å². The number of aromatic nitrogens is 3. The summed E-state index contributed by atoms with van der Waals surface area (Å²) < 4.78 is 6.20. The number of fused-ring (bicyclic) bond motifs is 6. The fourth-order valence-corrected chi connectivity index (χ4v) is 7.14. The molecular formula is C43H25N3O. The number of rotatable bonds is 4. The number of hydrogen-bond acceptors (Lipinski definition) is 4. The highest BCUT2D eigenvalue weighted by Gasteiger charge is 2.23. The Kier molecular flexibility index (Phi) is 5.54. The lowest BCUT2D eigenvalue weighted by atomic mass is 9.97. The van der Waals surface area contributed by atoms with Crippen LogP contribution in [0.4, 0.5) is 0 Å². The lowest BCUT2D eigenvalue weighted by Crippen LogP contribution is -2.00. The lowest BCUT2D eigenvalue weighted by molar-refractivity contribution is 0.669. The van der Waals surface area contributed by atoms with E-state index in [2.05, 4.69) is 103 Å². The first-order valence-electron chi connectivity index (χ1n) is 15.8. The van der Waals surface area contributed by atoms with Crippen molar-refractivity contribution < 1.29 is 4.42 Å². The molecule has 4 nitrogen and oxygen atoms in total. The summed E-state index contributed by atoms with van der Waals surface area (Å²) in [6.07, 6.45) is 0. The zero-order chi connectivity index (χ0) is 30.9. The third-order valence-corrected chi connectivity index (χ3v) is 9.24. The molecule has 10 rings (SSSR count). The number of benzene rings is 7. The highest BCUT2D eigenvalue weighted by molar-refractivity contribution is 6.16. The minimum absolute atomic E-state index is 0.630. The Morgan fingerprint density at radius 3 is 1.81 bits per heavy atom. The largest absolute Gasteiger partial charge is 0.456 e. The summed E-state index contributed by atoms with van der Waals surface area (Å²) in [5, 5.41) is 4.67. The van der Waals surface area contributed by atoms with Crippen molar-refractivity contribution in [3.63, 3.8) is 0 Å². The predicted molar refractivity (Wildman–Crippen MR) is 191 cm³/mol. The van der Waals surface area contributed by atoms with E-state index in [1.807, 2.05) is 48.5 Å². The van der Waals surface area contributed by atoms with Gasteiger partial charge >= 0.3 is 0 Å². The van der Waals surface area contributed by atoms with Gasteiger partial charge in [0.05, 0.1) is 0 Å². The van der Waals surface area contributed by atoms with Gasteiger partial charge in [0.15, 0.2) is 17.5 Å². The van der Waals surface area contributed by atoms with E-state index in [0.29, 0.717) is 17.5 Å². The normalized spacial score (nSPS) is 11.8. The van der Waals surface area contributed by atoms with E-state index < -0.39 is 0 Å². The summed E-state index contributed by atoms with van der Waals surface area (Å²) in [6.45, 7) is 0. The smallest absolute Gasteiger partial charge is 0.164 e. The van der Waals surface area contributed by atoms with E-state index in [9.17, 15) is 0 Å². The maximum absolute atomic E-state index is 6.20. The van der Waals surface area contributed by atoms with Crippen LogP contribution in [0, 0.1) is 0 Å². The van der Waals surface area contributed by atoms with Crippen molar-refractivity contribution in [3.8, 4) is 67.5 Å². The Bertz CT molecular complexity index is 2690. The molecule has 1 aliphatic rings. The van der Waals surface area contributed by atoms with E-state index in [4.69, 9.17) is 19.4 Å². The summed E-state index contributed by atoms with van der Waals surface area (Å²) in [5.41, 5.74) is 11.8. The molecule has 0 saturated heterocycles. The van der Waals surface area contributed by atoms with Gasteiger partial charge in [-0.2, -0.15) is 0 Å². The molecule has 0 aliphatic heterocycles. The molecule has 0 N–H and O–H groups in total. The van der Waals surface area contributed by atoms with Crippen LogP contribution in [-0.4, -0.2) is 15.0 Å². The molecule has 2 heterocycles. The fraction of sp³-hybridized carbons (Fsp3) is 0. The highest BCUT2D eigenvalue weighted by atomic mass is 16.3. The maximum Gasteiger partial charge on any atom is 0.164 e. The summed E-state index contributed by atoms with van der Waals surface area (Å²) in [7, 11) is 0. The van der Waals surface area contributed by atoms with Crippen molar-refractivity contribution in [1.29, 1.82) is 0 Å². The molecule has 0 radical (unpaired) electrons. The topological polar surface area (TPSA) is 51.8 Å². The average molecular weight is 600 g/mol. The molecule has 0 unspecified atom stereocenters. The Morgan fingerprint density at radius 1 is 0.340 bits per heavy atom. The van der Waals surface area contributed by atoms with Gasteiger partial charge in [0.25, 0.3) is 0 Å². The van der Waals surface area contributed by atoms with Crippen LogP contribution in [0.3, 0.4) is 0 Å². The third-order valence-electron chi connectivity index (χ3n) is 9.24. The fourth-order valence-electron chi connectivity index (χ4n) is 7.14. The SMILES string of the molecule is c1ccc(-c2nc(-c3cccc(-c4cccc5oc6ccccc6c45)c3)nc(-c3cc4c5c(cccc5c3)-c3ccccc3-4)n2)cc1. The molecule has 9 aromatic rings. The van der Waals surface area contributed by atoms with Crippen molar-refractivity contribution in [2.75, 3.05) is 0 Å². The van der Waals surface area contributed by atoms with Crippen LogP contribution in [-0.2, 0) is 0 Å². The van der Waals surface area contributed by atoms with E-state index >= 15 is 0 Å². The summed E-state index contributed by atoms with van der Waals surface area (Å²) in [5.74, 6) is 1.92. The summed E-state index contributed by atoms with van der Waals surface area (Å²) in [6, 6.07) is 52.7. The quantitative estimate of drug-likeness (QED) is 0.202. The molecule has 0 saturated carbocycles. The standard InChI is InChI=1S/C43H25N3O/c1-2-11-26(12-3-1)41-44-42(29-15-8-13-27(23-29)31-19-10-22-38-40(31)35-18-6-7-21-37(35)47-38)46-43(45-41)30-24-28-14-9-20-34-32-16-4-5-17-33(32)36(25-30)39(28)34/h1-25H. The zero-order valence-corrected chi connectivity index (χ0v) is 25.2. The molecule has 47 heavy (non-hydrogen) atoms. The summed E-state index contributed by atoms with van der Waals surface area (Å²) in [4.78, 5) is 15.3. The van der Waals surface area contributed by atoms with Crippen LogP contribution < -0.4 is 0 Å². The second kappa shape index (κ2) is 10.1. The van der Waals surface area contributed by atoms with Gasteiger partial charge in [0.1, 0.15) is 11.2 Å². The highest BCUT2D eigenvalue weighted by Crippen LogP contribution is 2.48. The molecule has 0 atom stereocenters. The Morgan fingerprint density at radius 2 is 0.936 bits per heavy atom. The number of furan rings is 1. The van der Waals surface area contributed by atoms with Crippen molar-refractivity contribution in [2.45, 2.75) is 0 Å². The number of nitrogens with zero attached hydrogens (tertiary/aromatic N) is 3. The van der Waals surface area contributed by atoms with Crippen molar-refractivity contribution in [1.82, 2.24) is 15.0 Å².